The highest BCUT2D eigenvalue weighted by atomic mass is 16.7. The average Bonchev–Trinajstić information content (AvgIpc) is 2.40. The molecule has 4 heteroatoms. The lowest BCUT2D eigenvalue weighted by Gasteiger charge is -2.33. The average molecular weight is 257 g/mol. The topological polar surface area (TPSA) is 39.7 Å². The van der Waals surface area contributed by atoms with Crippen LogP contribution in [-0.2, 0) is 14.2 Å². The first-order valence-corrected chi connectivity index (χ1v) is 7.30. The predicted molar refractivity (Wildman–Crippen MR) is 70.6 cm³/mol. The van der Waals surface area contributed by atoms with E-state index >= 15 is 0 Å². The molecule has 18 heavy (non-hydrogen) atoms. The molecule has 2 aliphatic rings. The van der Waals surface area contributed by atoms with Crippen molar-refractivity contribution in [3.63, 3.8) is 0 Å². The molecule has 106 valence electrons. The maximum absolute atomic E-state index is 5.75. The van der Waals surface area contributed by atoms with Crippen molar-refractivity contribution in [2.45, 2.75) is 45.3 Å². The van der Waals surface area contributed by atoms with Crippen molar-refractivity contribution >= 4 is 0 Å². The summed E-state index contributed by atoms with van der Waals surface area (Å²) < 4.78 is 16.9. The number of piperidine rings is 1. The summed E-state index contributed by atoms with van der Waals surface area (Å²) in [4.78, 5) is 0. The first-order valence-electron chi connectivity index (χ1n) is 7.30. The molecule has 2 atom stereocenters. The Balaban J connectivity index is 1.50. The van der Waals surface area contributed by atoms with E-state index in [1.54, 1.807) is 0 Å². The molecule has 0 radical (unpaired) electrons. The molecule has 2 rings (SSSR count). The highest BCUT2D eigenvalue weighted by molar-refractivity contribution is 4.80. The Hall–Kier alpha value is -0.160. The molecule has 0 amide bonds. The van der Waals surface area contributed by atoms with Crippen LogP contribution < -0.4 is 5.32 Å². The molecule has 2 aliphatic heterocycles. The standard InChI is InChI=1S/C14H27NO3/c1-14(6-4-7-15-11-14)12-16-9-10-18-13-5-2-3-8-17-13/h13,15H,2-12H2,1H3. The zero-order chi connectivity index (χ0) is 12.7. The minimum absolute atomic E-state index is 0.00860. The van der Waals surface area contributed by atoms with Crippen LogP contribution in [0.4, 0.5) is 0 Å². The maximum Gasteiger partial charge on any atom is 0.157 e. The molecule has 2 heterocycles. The lowest BCUT2D eigenvalue weighted by Crippen LogP contribution is -2.41. The Kier molecular flexibility index (Phi) is 5.89. The van der Waals surface area contributed by atoms with Crippen LogP contribution in [0.1, 0.15) is 39.0 Å². The van der Waals surface area contributed by atoms with Crippen molar-refractivity contribution < 1.29 is 14.2 Å². The third-order valence-corrected chi connectivity index (χ3v) is 3.81. The molecule has 0 aliphatic carbocycles. The molecule has 0 aromatic heterocycles. The summed E-state index contributed by atoms with van der Waals surface area (Å²) in [5, 5.41) is 3.44. The fraction of sp³-hybridized carbons (Fsp3) is 1.00. The van der Waals surface area contributed by atoms with Gasteiger partial charge in [-0.05, 0) is 38.6 Å². The van der Waals surface area contributed by atoms with E-state index in [1.165, 1.54) is 25.7 Å². The Bertz CT molecular complexity index is 223. The Morgan fingerprint density at radius 3 is 2.94 bits per heavy atom. The van der Waals surface area contributed by atoms with Crippen molar-refractivity contribution in [2.24, 2.45) is 5.41 Å². The third-order valence-electron chi connectivity index (χ3n) is 3.81. The van der Waals surface area contributed by atoms with Gasteiger partial charge in [0, 0.05) is 18.6 Å². The molecule has 0 spiro atoms. The van der Waals surface area contributed by atoms with Gasteiger partial charge in [-0.2, -0.15) is 0 Å². The quantitative estimate of drug-likeness (QED) is 0.738. The van der Waals surface area contributed by atoms with Crippen LogP contribution in [0.5, 0.6) is 0 Å². The lowest BCUT2D eigenvalue weighted by atomic mass is 9.84. The molecular formula is C14H27NO3. The third kappa shape index (κ3) is 4.84. The fourth-order valence-corrected chi connectivity index (χ4v) is 2.64. The van der Waals surface area contributed by atoms with E-state index < -0.39 is 0 Å². The summed E-state index contributed by atoms with van der Waals surface area (Å²) in [7, 11) is 0. The van der Waals surface area contributed by atoms with Gasteiger partial charge in [-0.15, -0.1) is 0 Å². The van der Waals surface area contributed by atoms with Gasteiger partial charge >= 0.3 is 0 Å². The van der Waals surface area contributed by atoms with Crippen LogP contribution in [0.15, 0.2) is 0 Å². The van der Waals surface area contributed by atoms with Gasteiger partial charge in [-0.1, -0.05) is 6.92 Å². The van der Waals surface area contributed by atoms with Crippen LogP contribution in [0, 0.1) is 5.41 Å². The largest absolute Gasteiger partial charge is 0.378 e. The minimum atomic E-state index is 0.00860. The van der Waals surface area contributed by atoms with Crippen molar-refractivity contribution in [3.05, 3.63) is 0 Å². The Morgan fingerprint density at radius 1 is 1.28 bits per heavy atom. The molecule has 0 aromatic rings. The van der Waals surface area contributed by atoms with Crippen LogP contribution in [0.2, 0.25) is 0 Å². The van der Waals surface area contributed by atoms with Crippen molar-refractivity contribution in [1.29, 1.82) is 0 Å². The van der Waals surface area contributed by atoms with Gasteiger partial charge in [-0.3, -0.25) is 0 Å². The van der Waals surface area contributed by atoms with Crippen LogP contribution in [-0.4, -0.2) is 45.8 Å². The molecular weight excluding hydrogens is 230 g/mol. The second kappa shape index (κ2) is 7.43. The van der Waals surface area contributed by atoms with E-state index in [2.05, 4.69) is 12.2 Å². The summed E-state index contributed by atoms with van der Waals surface area (Å²) in [5.74, 6) is 0. The highest BCUT2D eigenvalue weighted by Crippen LogP contribution is 2.25. The highest BCUT2D eigenvalue weighted by Gasteiger charge is 2.26. The minimum Gasteiger partial charge on any atom is -0.378 e. The first kappa shape index (κ1) is 14.3. The number of hydrogen-bond donors (Lipinski definition) is 1. The van der Waals surface area contributed by atoms with Crippen molar-refractivity contribution in [3.8, 4) is 0 Å². The molecule has 2 saturated heterocycles. The zero-order valence-corrected chi connectivity index (χ0v) is 11.6. The molecule has 1 N–H and O–H groups in total. The van der Waals surface area contributed by atoms with Crippen molar-refractivity contribution in [1.82, 2.24) is 5.32 Å². The molecule has 2 unspecified atom stereocenters. The summed E-state index contributed by atoms with van der Waals surface area (Å²) in [6, 6.07) is 0. The fourth-order valence-electron chi connectivity index (χ4n) is 2.64. The Labute approximate surface area is 110 Å². The zero-order valence-electron chi connectivity index (χ0n) is 11.6. The van der Waals surface area contributed by atoms with Gasteiger partial charge in [0.05, 0.1) is 19.8 Å². The van der Waals surface area contributed by atoms with Crippen LogP contribution in [0.3, 0.4) is 0 Å². The summed E-state index contributed by atoms with van der Waals surface area (Å²) >= 11 is 0. The second-order valence-corrected chi connectivity index (χ2v) is 5.81. The van der Waals surface area contributed by atoms with E-state index in [1.807, 2.05) is 0 Å². The molecule has 0 saturated carbocycles. The first-order chi connectivity index (χ1) is 8.79. The molecule has 0 aromatic carbocycles. The smallest absolute Gasteiger partial charge is 0.157 e. The summed E-state index contributed by atoms with van der Waals surface area (Å²) in [6.45, 7) is 7.51. The van der Waals surface area contributed by atoms with Crippen LogP contribution in [0.25, 0.3) is 0 Å². The maximum atomic E-state index is 5.75. The molecule has 0 bridgehead atoms. The number of hydrogen-bond acceptors (Lipinski definition) is 4. The predicted octanol–water partition coefficient (Wildman–Crippen LogP) is 1.94. The number of nitrogens with one attached hydrogen (secondary N) is 1. The lowest BCUT2D eigenvalue weighted by molar-refractivity contribution is -0.170. The van der Waals surface area contributed by atoms with E-state index in [0.29, 0.717) is 18.6 Å². The summed E-state index contributed by atoms with van der Waals surface area (Å²) in [5.41, 5.74) is 0.305. The number of ether oxygens (including phenoxy) is 3. The normalized spacial score (nSPS) is 33.5. The monoisotopic (exact) mass is 257 g/mol. The van der Waals surface area contributed by atoms with Gasteiger partial charge in [0.25, 0.3) is 0 Å². The van der Waals surface area contributed by atoms with Crippen molar-refractivity contribution in [2.75, 3.05) is 39.5 Å². The van der Waals surface area contributed by atoms with E-state index in [4.69, 9.17) is 14.2 Å². The number of rotatable bonds is 6. The molecule has 4 nitrogen and oxygen atoms in total. The Morgan fingerprint density at radius 2 is 2.22 bits per heavy atom. The second-order valence-electron chi connectivity index (χ2n) is 5.81. The molecule has 2 fully saturated rings. The van der Waals surface area contributed by atoms with E-state index in [0.717, 1.165) is 32.7 Å². The van der Waals surface area contributed by atoms with Gasteiger partial charge in [-0.25, -0.2) is 0 Å². The SMILES string of the molecule is CC1(COCCOC2CCCCO2)CCCNC1. The van der Waals surface area contributed by atoms with Gasteiger partial charge in [0.15, 0.2) is 6.29 Å². The van der Waals surface area contributed by atoms with Gasteiger partial charge < -0.3 is 19.5 Å². The van der Waals surface area contributed by atoms with Gasteiger partial charge in [0.2, 0.25) is 0 Å². The summed E-state index contributed by atoms with van der Waals surface area (Å²) in [6.07, 6.45) is 5.94. The van der Waals surface area contributed by atoms with E-state index in [9.17, 15) is 0 Å². The van der Waals surface area contributed by atoms with Gasteiger partial charge in [0.1, 0.15) is 0 Å². The van der Waals surface area contributed by atoms with Crippen LogP contribution >= 0.6 is 0 Å². The van der Waals surface area contributed by atoms with E-state index in [-0.39, 0.29) is 6.29 Å².